The third kappa shape index (κ3) is 5.16. The molecule has 7 heteroatoms. The molecule has 22 heavy (non-hydrogen) atoms. The third-order valence-corrected chi connectivity index (χ3v) is 4.86. The van der Waals surface area contributed by atoms with Crippen molar-refractivity contribution in [1.29, 1.82) is 0 Å². The lowest BCUT2D eigenvalue weighted by Crippen LogP contribution is -2.29. The highest BCUT2D eigenvalue weighted by atomic mass is 32.2. The molecule has 2 N–H and O–H groups in total. The van der Waals surface area contributed by atoms with Crippen LogP contribution in [0.15, 0.2) is 41.8 Å². The average Bonchev–Trinajstić information content (AvgIpc) is 2.48. The first kappa shape index (κ1) is 18.2. The van der Waals surface area contributed by atoms with E-state index in [9.17, 15) is 13.2 Å². The Hall–Kier alpha value is -1.86. The van der Waals surface area contributed by atoms with E-state index in [4.69, 9.17) is 0 Å². The van der Waals surface area contributed by atoms with Gasteiger partial charge in [0.25, 0.3) is 0 Å². The summed E-state index contributed by atoms with van der Waals surface area (Å²) in [5.74, 6) is 0. The average molecular weight is 325 g/mol. The maximum Gasteiger partial charge on any atom is 0.319 e. The maximum atomic E-state index is 12.2. The summed E-state index contributed by atoms with van der Waals surface area (Å²) in [4.78, 5) is 11.8. The Kier molecular flexibility index (Phi) is 7.07. The molecule has 0 radical (unpaired) electrons. The molecule has 6 nitrogen and oxygen atoms in total. The Morgan fingerprint density at radius 2 is 1.95 bits per heavy atom. The largest absolute Gasteiger partial charge is 0.338 e. The van der Waals surface area contributed by atoms with Gasteiger partial charge >= 0.3 is 6.03 Å². The Labute approximate surface area is 132 Å². The van der Waals surface area contributed by atoms with Crippen LogP contribution < -0.4 is 10.6 Å². The van der Waals surface area contributed by atoms with E-state index in [0.717, 1.165) is 12.8 Å². The van der Waals surface area contributed by atoms with Crippen molar-refractivity contribution in [3.63, 3.8) is 0 Å². The van der Waals surface area contributed by atoms with Crippen molar-refractivity contribution in [1.82, 2.24) is 9.62 Å². The van der Waals surface area contributed by atoms with E-state index in [2.05, 4.69) is 17.2 Å². The molecular weight excluding hydrogens is 302 g/mol. The molecule has 1 aromatic rings. The van der Waals surface area contributed by atoms with Gasteiger partial charge in [-0.25, -0.2) is 13.2 Å². The van der Waals surface area contributed by atoms with Crippen LogP contribution in [0.4, 0.5) is 10.5 Å². The van der Waals surface area contributed by atoms with E-state index in [1.807, 2.05) is 6.92 Å². The molecule has 0 unspecified atom stereocenters. The maximum absolute atomic E-state index is 12.2. The van der Waals surface area contributed by atoms with Gasteiger partial charge in [-0.3, -0.25) is 0 Å². The van der Waals surface area contributed by atoms with E-state index in [1.165, 1.54) is 29.6 Å². The number of nitrogens with zero attached hydrogens (tertiary/aromatic N) is 1. The molecule has 0 bridgehead atoms. The SMILES string of the molecule is C=CCN(C)S(=O)(=O)c1ccc(NC(=O)NCCCC)cc1. The molecule has 0 aromatic heterocycles. The molecule has 122 valence electrons. The molecule has 1 rings (SSSR count). The normalized spacial score (nSPS) is 11.2. The second kappa shape index (κ2) is 8.55. The van der Waals surface area contributed by atoms with Crippen LogP contribution in [-0.4, -0.2) is 38.9 Å². The van der Waals surface area contributed by atoms with Crippen molar-refractivity contribution < 1.29 is 13.2 Å². The van der Waals surface area contributed by atoms with Gasteiger partial charge in [-0.15, -0.1) is 6.58 Å². The zero-order chi connectivity index (χ0) is 16.6. The lowest BCUT2D eigenvalue weighted by molar-refractivity contribution is 0.252. The van der Waals surface area contributed by atoms with E-state index < -0.39 is 10.0 Å². The number of nitrogens with one attached hydrogen (secondary N) is 2. The summed E-state index contributed by atoms with van der Waals surface area (Å²) in [6, 6.07) is 5.77. The molecule has 0 saturated carbocycles. The Morgan fingerprint density at radius 1 is 1.32 bits per heavy atom. The van der Waals surface area contributed by atoms with Crippen molar-refractivity contribution in [3.8, 4) is 0 Å². The van der Waals surface area contributed by atoms with E-state index >= 15 is 0 Å². The highest BCUT2D eigenvalue weighted by molar-refractivity contribution is 7.89. The fourth-order valence-electron chi connectivity index (χ4n) is 1.72. The summed E-state index contributed by atoms with van der Waals surface area (Å²) in [7, 11) is -2.04. The molecule has 0 atom stereocenters. The topological polar surface area (TPSA) is 78.5 Å². The van der Waals surface area contributed by atoms with Crippen molar-refractivity contribution in [2.75, 3.05) is 25.5 Å². The number of carbonyl (C=O) groups is 1. The van der Waals surface area contributed by atoms with Gasteiger partial charge in [-0.1, -0.05) is 19.4 Å². The molecule has 0 saturated heterocycles. The van der Waals surface area contributed by atoms with Gasteiger partial charge in [0.2, 0.25) is 10.0 Å². The Morgan fingerprint density at radius 3 is 2.50 bits per heavy atom. The van der Waals surface area contributed by atoms with Crippen molar-refractivity contribution in [3.05, 3.63) is 36.9 Å². The number of hydrogen-bond acceptors (Lipinski definition) is 3. The first-order valence-electron chi connectivity index (χ1n) is 7.14. The first-order valence-corrected chi connectivity index (χ1v) is 8.58. The Bertz CT molecular complexity index is 597. The second-order valence-electron chi connectivity index (χ2n) is 4.83. The minimum Gasteiger partial charge on any atom is -0.338 e. The van der Waals surface area contributed by atoms with Crippen LogP contribution in [0, 0.1) is 0 Å². The van der Waals surface area contributed by atoms with Gasteiger partial charge in [0.1, 0.15) is 0 Å². The fraction of sp³-hybridized carbons (Fsp3) is 0.400. The van der Waals surface area contributed by atoms with Crippen molar-refractivity contribution >= 4 is 21.7 Å². The number of rotatable bonds is 8. The zero-order valence-corrected chi connectivity index (χ0v) is 13.8. The number of amides is 2. The molecule has 0 heterocycles. The molecule has 1 aromatic carbocycles. The van der Waals surface area contributed by atoms with Gasteiger partial charge in [0, 0.05) is 25.8 Å². The van der Waals surface area contributed by atoms with Crippen LogP contribution >= 0.6 is 0 Å². The predicted molar refractivity (Wildman–Crippen MR) is 88.4 cm³/mol. The fourth-order valence-corrected chi connectivity index (χ4v) is 2.87. The minimum absolute atomic E-state index is 0.175. The number of urea groups is 1. The zero-order valence-electron chi connectivity index (χ0n) is 13.0. The van der Waals surface area contributed by atoms with Crippen LogP contribution in [0.25, 0.3) is 0 Å². The number of unbranched alkanes of at least 4 members (excludes halogenated alkanes) is 1. The first-order chi connectivity index (χ1) is 10.4. The number of anilines is 1. The highest BCUT2D eigenvalue weighted by Crippen LogP contribution is 2.17. The summed E-state index contributed by atoms with van der Waals surface area (Å²) in [6.45, 7) is 6.42. The molecule has 2 amide bonds. The van der Waals surface area contributed by atoms with E-state index in [0.29, 0.717) is 12.2 Å². The minimum atomic E-state index is -3.53. The number of likely N-dealkylation sites (N-methyl/N-ethyl adjacent to an activating group) is 1. The van der Waals surface area contributed by atoms with Crippen LogP contribution in [0.1, 0.15) is 19.8 Å². The van der Waals surface area contributed by atoms with E-state index in [-0.39, 0.29) is 17.5 Å². The number of benzene rings is 1. The summed E-state index contributed by atoms with van der Waals surface area (Å²) in [5, 5.41) is 5.38. The smallest absolute Gasteiger partial charge is 0.319 e. The van der Waals surface area contributed by atoms with Gasteiger partial charge < -0.3 is 10.6 Å². The van der Waals surface area contributed by atoms with Gasteiger partial charge in [-0.05, 0) is 30.7 Å². The molecule has 0 aliphatic heterocycles. The van der Waals surface area contributed by atoms with Crippen molar-refractivity contribution in [2.24, 2.45) is 0 Å². The summed E-state index contributed by atoms with van der Waals surface area (Å²) in [5.41, 5.74) is 0.541. The highest BCUT2D eigenvalue weighted by Gasteiger charge is 2.19. The van der Waals surface area contributed by atoms with Crippen molar-refractivity contribution in [2.45, 2.75) is 24.7 Å². The van der Waals surface area contributed by atoms with Crippen LogP contribution in [0.3, 0.4) is 0 Å². The number of sulfonamides is 1. The molecule has 0 aliphatic rings. The molecule has 0 fully saturated rings. The van der Waals surface area contributed by atoms with Crippen LogP contribution in [0.5, 0.6) is 0 Å². The number of hydrogen-bond donors (Lipinski definition) is 2. The summed E-state index contributed by atoms with van der Waals surface area (Å²) < 4.78 is 25.6. The molecular formula is C15H23N3O3S. The summed E-state index contributed by atoms with van der Waals surface area (Å²) >= 11 is 0. The number of carbonyl (C=O) groups excluding carboxylic acids is 1. The standard InChI is InChI=1S/C15H23N3O3S/c1-4-6-11-16-15(19)17-13-7-9-14(10-8-13)22(20,21)18(3)12-5-2/h5,7-10H,2,4,6,11-12H2,1,3H3,(H2,16,17,19). The predicted octanol–water partition coefficient (Wildman–Crippen LogP) is 2.41. The third-order valence-electron chi connectivity index (χ3n) is 3.02. The van der Waals surface area contributed by atoms with E-state index in [1.54, 1.807) is 12.1 Å². The molecule has 0 aliphatic carbocycles. The molecule has 0 spiro atoms. The lowest BCUT2D eigenvalue weighted by atomic mass is 10.3. The monoisotopic (exact) mass is 325 g/mol. The quantitative estimate of drug-likeness (QED) is 0.569. The lowest BCUT2D eigenvalue weighted by Gasteiger charge is -2.15. The van der Waals surface area contributed by atoms with Gasteiger partial charge in [-0.2, -0.15) is 4.31 Å². The van der Waals surface area contributed by atoms with Gasteiger partial charge in [0.05, 0.1) is 4.90 Å². The van der Waals surface area contributed by atoms with Crippen LogP contribution in [-0.2, 0) is 10.0 Å². The second-order valence-corrected chi connectivity index (χ2v) is 6.88. The Balaban J connectivity index is 2.70. The summed E-state index contributed by atoms with van der Waals surface area (Å²) in [6.07, 6.45) is 3.44. The van der Waals surface area contributed by atoms with Gasteiger partial charge in [0.15, 0.2) is 0 Å². The van der Waals surface area contributed by atoms with Crippen LogP contribution in [0.2, 0.25) is 0 Å².